The SMILES string of the molecule is CN(CC1CC(c2cccc(Cl)c2Cl)c2ccccc21)C(=O)OC(C)(C)C. The maximum absolute atomic E-state index is 12.4. The third kappa shape index (κ3) is 4.41. The summed E-state index contributed by atoms with van der Waals surface area (Å²) in [5.74, 6) is 0.392. The molecule has 2 atom stereocenters. The monoisotopic (exact) mass is 405 g/mol. The summed E-state index contributed by atoms with van der Waals surface area (Å²) in [5, 5.41) is 1.18. The Morgan fingerprint density at radius 1 is 1.07 bits per heavy atom. The minimum Gasteiger partial charge on any atom is -0.444 e. The van der Waals surface area contributed by atoms with Gasteiger partial charge in [-0.2, -0.15) is 0 Å². The van der Waals surface area contributed by atoms with Crippen molar-refractivity contribution >= 4 is 29.3 Å². The Morgan fingerprint density at radius 2 is 1.70 bits per heavy atom. The fraction of sp³-hybridized carbons (Fsp3) is 0.409. The van der Waals surface area contributed by atoms with E-state index in [4.69, 9.17) is 27.9 Å². The Hall–Kier alpha value is -1.71. The van der Waals surface area contributed by atoms with Crippen LogP contribution in [0, 0.1) is 0 Å². The molecule has 1 amide bonds. The summed E-state index contributed by atoms with van der Waals surface area (Å²) in [6.45, 7) is 6.23. The van der Waals surface area contributed by atoms with Crippen LogP contribution in [0.4, 0.5) is 4.79 Å². The number of carbonyl (C=O) groups excluding carboxylic acids is 1. The van der Waals surface area contributed by atoms with E-state index in [9.17, 15) is 4.79 Å². The van der Waals surface area contributed by atoms with Crippen LogP contribution in [0.2, 0.25) is 10.0 Å². The lowest BCUT2D eigenvalue weighted by Gasteiger charge is -2.26. The fourth-order valence-electron chi connectivity index (χ4n) is 3.74. The average Bonchev–Trinajstić information content (AvgIpc) is 2.94. The van der Waals surface area contributed by atoms with Crippen LogP contribution in [-0.2, 0) is 4.74 Å². The van der Waals surface area contributed by atoms with E-state index in [1.54, 1.807) is 11.9 Å². The summed E-state index contributed by atoms with van der Waals surface area (Å²) >= 11 is 12.7. The highest BCUT2D eigenvalue weighted by Crippen LogP contribution is 2.48. The van der Waals surface area contributed by atoms with Gasteiger partial charge in [0.15, 0.2) is 0 Å². The summed E-state index contributed by atoms with van der Waals surface area (Å²) in [6, 6.07) is 14.2. The lowest BCUT2D eigenvalue weighted by atomic mass is 9.92. The first-order chi connectivity index (χ1) is 12.7. The van der Waals surface area contributed by atoms with Crippen LogP contribution in [0.25, 0.3) is 0 Å². The lowest BCUT2D eigenvalue weighted by Crippen LogP contribution is -2.36. The predicted molar refractivity (Wildman–Crippen MR) is 111 cm³/mol. The van der Waals surface area contributed by atoms with E-state index >= 15 is 0 Å². The second-order valence-corrected chi connectivity index (χ2v) is 8.90. The summed E-state index contributed by atoms with van der Waals surface area (Å²) < 4.78 is 5.49. The quantitative estimate of drug-likeness (QED) is 0.584. The van der Waals surface area contributed by atoms with Gasteiger partial charge in [-0.1, -0.05) is 59.6 Å². The van der Waals surface area contributed by atoms with Gasteiger partial charge in [0.05, 0.1) is 10.0 Å². The highest BCUT2D eigenvalue weighted by Gasteiger charge is 2.34. The van der Waals surface area contributed by atoms with E-state index in [1.807, 2.05) is 51.1 Å². The first kappa shape index (κ1) is 20.0. The highest BCUT2D eigenvalue weighted by atomic mass is 35.5. The molecule has 2 unspecified atom stereocenters. The van der Waals surface area contributed by atoms with Crippen molar-refractivity contribution in [3.63, 3.8) is 0 Å². The Morgan fingerprint density at radius 3 is 2.37 bits per heavy atom. The average molecular weight is 406 g/mol. The van der Waals surface area contributed by atoms with Crippen LogP contribution in [0.3, 0.4) is 0 Å². The topological polar surface area (TPSA) is 29.5 Å². The van der Waals surface area contributed by atoms with Crippen LogP contribution in [0.1, 0.15) is 55.7 Å². The third-order valence-corrected chi connectivity index (χ3v) is 5.72. The lowest BCUT2D eigenvalue weighted by molar-refractivity contribution is 0.0288. The van der Waals surface area contributed by atoms with E-state index in [0.717, 1.165) is 12.0 Å². The molecule has 0 heterocycles. The normalized spacial score (nSPS) is 18.9. The molecule has 27 heavy (non-hydrogen) atoms. The first-order valence-corrected chi connectivity index (χ1v) is 9.90. The minimum atomic E-state index is -0.504. The summed E-state index contributed by atoms with van der Waals surface area (Å²) in [5.41, 5.74) is 3.05. The van der Waals surface area contributed by atoms with Crippen LogP contribution >= 0.6 is 23.2 Å². The Labute approximate surface area is 171 Å². The van der Waals surface area contributed by atoms with E-state index in [-0.39, 0.29) is 17.9 Å². The van der Waals surface area contributed by atoms with Crippen LogP contribution < -0.4 is 0 Å². The highest BCUT2D eigenvalue weighted by molar-refractivity contribution is 6.42. The second-order valence-electron chi connectivity index (χ2n) is 8.12. The van der Waals surface area contributed by atoms with E-state index in [2.05, 4.69) is 12.1 Å². The van der Waals surface area contributed by atoms with Gasteiger partial charge in [0.2, 0.25) is 0 Å². The molecule has 3 nitrogen and oxygen atoms in total. The molecule has 1 aliphatic carbocycles. The second kappa shape index (κ2) is 7.73. The van der Waals surface area contributed by atoms with Crippen molar-refractivity contribution in [1.82, 2.24) is 4.90 Å². The maximum Gasteiger partial charge on any atom is 0.410 e. The van der Waals surface area contributed by atoms with Crippen molar-refractivity contribution in [1.29, 1.82) is 0 Å². The summed E-state index contributed by atoms with van der Waals surface area (Å²) in [7, 11) is 1.79. The summed E-state index contributed by atoms with van der Waals surface area (Å²) in [4.78, 5) is 14.0. The molecule has 0 N–H and O–H groups in total. The zero-order valence-corrected chi connectivity index (χ0v) is 17.6. The molecule has 0 saturated heterocycles. The van der Waals surface area contributed by atoms with Gasteiger partial charge in [-0.15, -0.1) is 0 Å². The molecule has 0 radical (unpaired) electrons. The smallest absolute Gasteiger partial charge is 0.410 e. The van der Waals surface area contributed by atoms with Gasteiger partial charge in [0.1, 0.15) is 5.60 Å². The van der Waals surface area contributed by atoms with E-state index in [1.165, 1.54) is 11.1 Å². The zero-order valence-electron chi connectivity index (χ0n) is 16.1. The van der Waals surface area contributed by atoms with E-state index in [0.29, 0.717) is 16.6 Å². The molecular weight excluding hydrogens is 381 g/mol. The molecular formula is C22H25Cl2NO2. The van der Waals surface area contributed by atoms with Crippen molar-refractivity contribution in [2.24, 2.45) is 0 Å². The van der Waals surface area contributed by atoms with Gasteiger partial charge in [-0.3, -0.25) is 0 Å². The Balaban J connectivity index is 1.85. The maximum atomic E-state index is 12.4. The predicted octanol–water partition coefficient (Wildman–Crippen LogP) is 6.48. The number of rotatable bonds is 3. The number of nitrogens with zero attached hydrogens (tertiary/aromatic N) is 1. The van der Waals surface area contributed by atoms with Gasteiger partial charge in [-0.25, -0.2) is 4.79 Å². The molecule has 1 aliphatic rings. The number of ether oxygens (including phenoxy) is 1. The Bertz CT molecular complexity index is 844. The molecule has 0 aromatic heterocycles. The molecule has 3 rings (SSSR count). The van der Waals surface area contributed by atoms with E-state index < -0.39 is 5.60 Å². The summed E-state index contributed by atoms with van der Waals surface area (Å²) in [6.07, 6.45) is 0.580. The number of hydrogen-bond acceptors (Lipinski definition) is 2. The molecule has 144 valence electrons. The largest absolute Gasteiger partial charge is 0.444 e. The molecule has 5 heteroatoms. The number of halogens is 2. The number of amides is 1. The first-order valence-electron chi connectivity index (χ1n) is 9.14. The third-order valence-electron chi connectivity index (χ3n) is 4.89. The van der Waals surface area contributed by atoms with Crippen molar-refractivity contribution in [2.75, 3.05) is 13.6 Å². The number of benzene rings is 2. The van der Waals surface area contributed by atoms with Gasteiger partial charge in [0, 0.05) is 25.4 Å². The van der Waals surface area contributed by atoms with Crippen LogP contribution in [-0.4, -0.2) is 30.2 Å². The van der Waals surface area contributed by atoms with Gasteiger partial charge < -0.3 is 9.64 Å². The standard InChI is InChI=1S/C22H25Cl2NO2/c1-22(2,3)27-21(26)25(4)13-14-12-18(16-9-6-5-8-15(14)16)17-10-7-11-19(23)20(17)24/h5-11,14,18H,12-13H2,1-4H3. The Kier molecular flexibility index (Phi) is 5.73. The van der Waals surface area contributed by atoms with Crippen molar-refractivity contribution in [3.05, 3.63) is 69.2 Å². The molecule has 0 spiro atoms. The van der Waals surface area contributed by atoms with Crippen molar-refractivity contribution in [3.8, 4) is 0 Å². The number of hydrogen-bond donors (Lipinski definition) is 0. The molecule has 0 fully saturated rings. The molecule has 0 saturated carbocycles. The van der Waals surface area contributed by atoms with Crippen LogP contribution in [0.5, 0.6) is 0 Å². The molecule has 0 bridgehead atoms. The zero-order chi connectivity index (χ0) is 19.8. The van der Waals surface area contributed by atoms with Crippen LogP contribution in [0.15, 0.2) is 42.5 Å². The molecule has 2 aromatic carbocycles. The molecule has 0 aliphatic heterocycles. The van der Waals surface area contributed by atoms with Crippen molar-refractivity contribution < 1.29 is 9.53 Å². The minimum absolute atomic E-state index is 0.171. The number of fused-ring (bicyclic) bond motifs is 1. The fourth-order valence-corrected chi connectivity index (χ4v) is 4.18. The van der Waals surface area contributed by atoms with Gasteiger partial charge >= 0.3 is 6.09 Å². The van der Waals surface area contributed by atoms with Gasteiger partial charge in [-0.05, 0) is 49.9 Å². The molecule has 2 aromatic rings. The number of carbonyl (C=O) groups is 1. The van der Waals surface area contributed by atoms with Gasteiger partial charge in [0.25, 0.3) is 0 Å². The number of likely N-dealkylation sites (N-methyl/N-ethyl adjacent to an activating group) is 1. The van der Waals surface area contributed by atoms with Crippen molar-refractivity contribution in [2.45, 2.75) is 44.6 Å².